The van der Waals surface area contributed by atoms with E-state index in [0.717, 1.165) is 18.3 Å². The number of ether oxygens (including phenoxy) is 1. The van der Waals surface area contributed by atoms with E-state index >= 15 is 0 Å². The second-order valence-corrected chi connectivity index (χ2v) is 9.95. The summed E-state index contributed by atoms with van der Waals surface area (Å²) < 4.78 is 7.56. The average molecular weight is 699 g/mol. The third-order valence-corrected chi connectivity index (χ3v) is 6.57. The Labute approximate surface area is 228 Å². The van der Waals surface area contributed by atoms with Gasteiger partial charge in [-0.3, -0.25) is 4.79 Å². The fraction of sp³-hybridized carbons (Fsp3) is 0.0800. The number of carboxylic acid groups (broad SMARTS) is 1. The maximum absolute atomic E-state index is 12.7. The number of nitrogens with zero attached hydrogens (tertiary/aromatic N) is 1. The molecule has 9 heteroatoms. The lowest BCUT2D eigenvalue weighted by Crippen LogP contribution is -2.14. The second kappa shape index (κ2) is 11.7. The lowest BCUT2D eigenvalue weighted by Gasteiger charge is -2.12. The fourth-order valence-corrected chi connectivity index (χ4v) is 5.23. The van der Waals surface area contributed by atoms with Gasteiger partial charge in [-0.15, -0.1) is 0 Å². The van der Waals surface area contributed by atoms with Crippen LogP contribution in [0.5, 0.6) is 5.75 Å². The lowest BCUT2D eigenvalue weighted by atomic mass is 10.1. The van der Waals surface area contributed by atoms with Gasteiger partial charge in [0.15, 0.2) is 0 Å². The van der Waals surface area contributed by atoms with E-state index in [1.54, 1.807) is 30.3 Å². The molecule has 2 N–H and O–H groups in total. The van der Waals surface area contributed by atoms with Gasteiger partial charge in [0, 0.05) is 10.7 Å². The normalized spacial score (nSPS) is 11.0. The summed E-state index contributed by atoms with van der Waals surface area (Å²) in [5, 5.41) is 21.8. The summed E-state index contributed by atoms with van der Waals surface area (Å²) in [7, 11) is 0. The van der Waals surface area contributed by atoms with E-state index in [1.807, 2.05) is 25.1 Å². The molecule has 3 aromatic carbocycles. The van der Waals surface area contributed by atoms with Crippen molar-refractivity contribution in [3.8, 4) is 11.8 Å². The first-order valence-electron chi connectivity index (χ1n) is 9.81. The SMILES string of the molecule is Cc1ccc(Cl)cc1NC(=O)/C(C#N)=C\c1cc(I)c(OCc2ccc(C(=O)O)cc2)c(I)c1. The summed E-state index contributed by atoms with van der Waals surface area (Å²) in [5.41, 5.74) is 3.06. The number of anilines is 1. The van der Waals surface area contributed by atoms with E-state index < -0.39 is 11.9 Å². The lowest BCUT2D eigenvalue weighted by molar-refractivity contribution is -0.112. The minimum atomic E-state index is -0.978. The topological polar surface area (TPSA) is 99.4 Å². The molecule has 0 fully saturated rings. The number of nitrogens with one attached hydrogen (secondary N) is 1. The molecular weight excluding hydrogens is 682 g/mol. The van der Waals surface area contributed by atoms with E-state index in [2.05, 4.69) is 50.5 Å². The summed E-state index contributed by atoms with van der Waals surface area (Å²) in [6, 6.07) is 17.2. The van der Waals surface area contributed by atoms with Gasteiger partial charge in [0.2, 0.25) is 0 Å². The van der Waals surface area contributed by atoms with Gasteiger partial charge < -0.3 is 15.2 Å². The molecule has 0 aliphatic carbocycles. The molecule has 0 unspecified atom stereocenters. The summed E-state index contributed by atoms with van der Waals surface area (Å²) in [6.45, 7) is 2.11. The maximum Gasteiger partial charge on any atom is 0.335 e. The molecular formula is C25H17ClI2N2O4. The number of carboxylic acids is 1. The molecule has 0 spiro atoms. The first kappa shape index (κ1) is 26.0. The van der Waals surface area contributed by atoms with Crippen molar-refractivity contribution in [1.29, 1.82) is 5.26 Å². The molecule has 0 bridgehead atoms. The van der Waals surface area contributed by atoms with Crippen molar-refractivity contribution >= 4 is 80.4 Å². The molecule has 0 aromatic heterocycles. The van der Waals surface area contributed by atoms with Crippen LogP contribution in [0.1, 0.15) is 27.0 Å². The van der Waals surface area contributed by atoms with E-state index in [4.69, 9.17) is 21.4 Å². The van der Waals surface area contributed by atoms with Gasteiger partial charge >= 0.3 is 5.97 Å². The van der Waals surface area contributed by atoms with Gasteiger partial charge in [-0.1, -0.05) is 29.8 Å². The number of nitriles is 1. The van der Waals surface area contributed by atoms with Gasteiger partial charge in [0.25, 0.3) is 5.91 Å². The molecule has 0 radical (unpaired) electrons. The van der Waals surface area contributed by atoms with E-state index in [9.17, 15) is 14.9 Å². The Bertz CT molecular complexity index is 1310. The summed E-state index contributed by atoms with van der Waals surface area (Å²) in [5.74, 6) is -0.838. The highest BCUT2D eigenvalue weighted by molar-refractivity contribution is 14.1. The molecule has 3 rings (SSSR count). The Balaban J connectivity index is 1.76. The van der Waals surface area contributed by atoms with Gasteiger partial charge in [-0.25, -0.2) is 4.79 Å². The van der Waals surface area contributed by atoms with Crippen LogP contribution in [-0.2, 0) is 11.4 Å². The van der Waals surface area contributed by atoms with Crippen molar-refractivity contribution in [2.45, 2.75) is 13.5 Å². The van der Waals surface area contributed by atoms with Crippen LogP contribution in [0.15, 0.2) is 60.2 Å². The van der Waals surface area contributed by atoms with Crippen LogP contribution in [0.25, 0.3) is 6.08 Å². The minimum Gasteiger partial charge on any atom is -0.487 e. The fourth-order valence-electron chi connectivity index (χ4n) is 2.93. The minimum absolute atomic E-state index is 0.0434. The highest BCUT2D eigenvalue weighted by Crippen LogP contribution is 2.31. The number of amides is 1. The molecule has 0 atom stereocenters. The number of carbonyl (C=O) groups excluding carboxylic acids is 1. The maximum atomic E-state index is 12.7. The van der Waals surface area contributed by atoms with Crippen molar-refractivity contribution in [2.75, 3.05) is 5.32 Å². The number of aryl methyl sites for hydroxylation is 1. The van der Waals surface area contributed by atoms with Gasteiger partial charge in [0.05, 0.1) is 12.7 Å². The Kier molecular flexibility index (Phi) is 8.93. The van der Waals surface area contributed by atoms with E-state index in [-0.39, 0.29) is 17.7 Å². The van der Waals surface area contributed by atoms with Crippen LogP contribution in [0.2, 0.25) is 5.02 Å². The number of halogens is 3. The molecule has 0 saturated carbocycles. The monoisotopic (exact) mass is 698 g/mol. The first-order valence-corrected chi connectivity index (χ1v) is 12.3. The van der Waals surface area contributed by atoms with Crippen LogP contribution < -0.4 is 10.1 Å². The number of hydrogen-bond donors (Lipinski definition) is 2. The molecule has 0 aliphatic heterocycles. The van der Waals surface area contributed by atoms with Gasteiger partial charge in [-0.2, -0.15) is 5.26 Å². The predicted octanol–water partition coefficient (Wildman–Crippen LogP) is 6.68. The summed E-state index contributed by atoms with van der Waals surface area (Å²) >= 11 is 10.3. The van der Waals surface area contributed by atoms with Gasteiger partial charge in [-0.05, 0) is 111 Å². The smallest absolute Gasteiger partial charge is 0.335 e. The highest BCUT2D eigenvalue weighted by atomic mass is 127. The van der Waals surface area contributed by atoms with E-state index in [0.29, 0.717) is 22.0 Å². The number of aromatic carboxylic acids is 1. The number of carbonyl (C=O) groups is 2. The van der Waals surface area contributed by atoms with Crippen molar-refractivity contribution in [3.63, 3.8) is 0 Å². The van der Waals surface area contributed by atoms with Crippen LogP contribution >= 0.6 is 56.8 Å². The Hall–Kier alpha value is -2.62. The van der Waals surface area contributed by atoms with Crippen LogP contribution in [0, 0.1) is 25.4 Å². The van der Waals surface area contributed by atoms with Crippen molar-refractivity contribution in [1.82, 2.24) is 0 Å². The summed E-state index contributed by atoms with van der Waals surface area (Å²) in [6.07, 6.45) is 1.52. The standard InChI is InChI=1S/C25H17ClI2N2O4/c1-14-2-7-19(26)11-22(14)30-24(31)18(12-29)8-16-9-20(27)23(21(28)10-16)34-13-15-3-5-17(6-4-15)25(32)33/h2-11H,13H2,1H3,(H,30,31)(H,32,33)/b18-8-. The van der Waals surface area contributed by atoms with Crippen molar-refractivity contribution < 1.29 is 19.4 Å². The number of hydrogen-bond acceptors (Lipinski definition) is 4. The number of benzene rings is 3. The zero-order valence-corrected chi connectivity index (χ0v) is 22.8. The molecule has 3 aromatic rings. The number of rotatable bonds is 7. The van der Waals surface area contributed by atoms with Crippen molar-refractivity contribution in [3.05, 3.63) is 94.6 Å². The Morgan fingerprint density at radius 2 is 1.76 bits per heavy atom. The largest absolute Gasteiger partial charge is 0.487 e. The van der Waals surface area contributed by atoms with Crippen molar-refractivity contribution in [2.24, 2.45) is 0 Å². The Morgan fingerprint density at radius 1 is 1.12 bits per heavy atom. The molecule has 172 valence electrons. The average Bonchev–Trinajstić information content (AvgIpc) is 2.79. The summed E-state index contributed by atoms with van der Waals surface area (Å²) in [4.78, 5) is 23.6. The first-order chi connectivity index (χ1) is 16.2. The quantitative estimate of drug-likeness (QED) is 0.163. The van der Waals surface area contributed by atoms with Gasteiger partial charge in [0.1, 0.15) is 24.0 Å². The Morgan fingerprint density at radius 3 is 2.35 bits per heavy atom. The zero-order chi connectivity index (χ0) is 24.8. The van der Waals surface area contributed by atoms with E-state index in [1.165, 1.54) is 18.2 Å². The molecule has 34 heavy (non-hydrogen) atoms. The highest BCUT2D eigenvalue weighted by Gasteiger charge is 2.14. The van der Waals surface area contributed by atoms with Crippen LogP contribution in [0.3, 0.4) is 0 Å². The third-order valence-electron chi connectivity index (χ3n) is 4.73. The molecule has 0 saturated heterocycles. The molecule has 0 heterocycles. The third kappa shape index (κ3) is 6.71. The molecule has 0 aliphatic rings. The molecule has 1 amide bonds. The molecule has 6 nitrogen and oxygen atoms in total. The second-order valence-electron chi connectivity index (χ2n) is 7.19. The van der Waals surface area contributed by atoms with Crippen LogP contribution in [0.4, 0.5) is 5.69 Å². The zero-order valence-electron chi connectivity index (χ0n) is 17.7. The van der Waals surface area contributed by atoms with Crippen LogP contribution in [-0.4, -0.2) is 17.0 Å². The predicted molar refractivity (Wildman–Crippen MR) is 148 cm³/mol.